The molecule has 16 heavy (non-hydrogen) atoms. The monoisotopic (exact) mass is 346 g/mol. The Balaban J connectivity index is 2.70. The molecule has 0 aromatic heterocycles. The fraction of sp³-hybridized carbons (Fsp3) is 0.200. The lowest BCUT2D eigenvalue weighted by Crippen LogP contribution is -2.25. The molecule has 1 aromatic rings. The van der Waals surface area contributed by atoms with Gasteiger partial charge in [0.1, 0.15) is 7.11 Å². The Morgan fingerprint density at radius 2 is 2.06 bits per heavy atom. The van der Waals surface area contributed by atoms with E-state index in [1.807, 2.05) is 12.1 Å². The summed E-state index contributed by atoms with van der Waals surface area (Å²) in [5, 5.41) is 3.76. The maximum absolute atomic E-state index is 11.9. The lowest BCUT2D eigenvalue weighted by Gasteiger charge is -2.10. The third kappa shape index (κ3) is 1.66. The van der Waals surface area contributed by atoms with Crippen molar-refractivity contribution in [2.75, 3.05) is 19.1 Å². The van der Waals surface area contributed by atoms with Crippen LogP contribution in [0.4, 0.5) is 5.69 Å². The summed E-state index contributed by atoms with van der Waals surface area (Å²) in [5.74, 6) is -0.171. The first kappa shape index (κ1) is 11.6. The second-order valence-corrected chi connectivity index (χ2v) is 5.04. The van der Waals surface area contributed by atoms with Crippen LogP contribution in [0.5, 0.6) is 0 Å². The van der Waals surface area contributed by atoms with Gasteiger partial charge in [-0.25, -0.2) is 0 Å². The molecule has 0 saturated heterocycles. The predicted molar refractivity (Wildman–Crippen MR) is 68.8 cm³/mol. The Morgan fingerprint density at radius 3 is 2.69 bits per heavy atom. The molecule has 0 bridgehead atoms. The standard InChI is InChI=1S/C10H8Br2N2O2/c1-14-9-6(3-5(11)4-7(9)12)8(10(14)15)13-16-2/h3-4H,1-2H3. The molecule has 0 aliphatic carbocycles. The third-order valence-corrected chi connectivity index (χ3v) is 3.37. The zero-order valence-corrected chi connectivity index (χ0v) is 11.8. The first-order valence-electron chi connectivity index (χ1n) is 4.45. The van der Waals surface area contributed by atoms with E-state index in [4.69, 9.17) is 4.84 Å². The van der Waals surface area contributed by atoms with Crippen LogP contribution in [0.15, 0.2) is 26.2 Å². The normalized spacial score (nSPS) is 16.9. The first-order valence-corrected chi connectivity index (χ1v) is 6.03. The number of carbonyl (C=O) groups excluding carboxylic acids is 1. The topological polar surface area (TPSA) is 41.9 Å². The van der Waals surface area contributed by atoms with E-state index in [2.05, 4.69) is 37.0 Å². The van der Waals surface area contributed by atoms with Gasteiger partial charge in [0, 0.05) is 21.6 Å². The number of carbonyl (C=O) groups is 1. The van der Waals surface area contributed by atoms with Gasteiger partial charge in [-0.1, -0.05) is 21.1 Å². The van der Waals surface area contributed by atoms with E-state index in [-0.39, 0.29) is 5.91 Å². The fourth-order valence-corrected chi connectivity index (χ4v) is 3.13. The van der Waals surface area contributed by atoms with Crippen molar-refractivity contribution >= 4 is 49.2 Å². The number of nitrogens with zero attached hydrogens (tertiary/aromatic N) is 2. The van der Waals surface area contributed by atoms with Gasteiger partial charge >= 0.3 is 0 Å². The molecule has 0 atom stereocenters. The molecule has 1 heterocycles. The van der Waals surface area contributed by atoms with E-state index >= 15 is 0 Å². The number of rotatable bonds is 1. The molecule has 0 radical (unpaired) electrons. The van der Waals surface area contributed by atoms with E-state index in [0.29, 0.717) is 5.71 Å². The highest BCUT2D eigenvalue weighted by Crippen LogP contribution is 2.37. The smallest absolute Gasteiger partial charge is 0.280 e. The summed E-state index contributed by atoms with van der Waals surface area (Å²) in [6.45, 7) is 0. The van der Waals surface area contributed by atoms with E-state index in [1.165, 1.54) is 7.11 Å². The van der Waals surface area contributed by atoms with Gasteiger partial charge in [-0.3, -0.25) is 4.79 Å². The number of halogens is 2. The zero-order chi connectivity index (χ0) is 11.9. The van der Waals surface area contributed by atoms with Gasteiger partial charge in [0.05, 0.1) is 5.69 Å². The quantitative estimate of drug-likeness (QED) is 0.732. The molecule has 1 aliphatic rings. The Kier molecular flexibility index (Phi) is 3.03. The van der Waals surface area contributed by atoms with Gasteiger partial charge in [-0.05, 0) is 28.1 Å². The maximum Gasteiger partial charge on any atom is 0.280 e. The van der Waals surface area contributed by atoms with Crippen molar-refractivity contribution < 1.29 is 9.63 Å². The summed E-state index contributed by atoms with van der Waals surface area (Å²) in [7, 11) is 3.13. The van der Waals surface area contributed by atoms with Crippen LogP contribution in [0.25, 0.3) is 0 Å². The van der Waals surface area contributed by atoms with E-state index in [9.17, 15) is 4.79 Å². The molecule has 1 aromatic carbocycles. The minimum absolute atomic E-state index is 0.171. The van der Waals surface area contributed by atoms with Crippen molar-refractivity contribution in [3.05, 3.63) is 26.6 Å². The maximum atomic E-state index is 11.9. The lowest BCUT2D eigenvalue weighted by atomic mass is 10.1. The van der Waals surface area contributed by atoms with E-state index < -0.39 is 0 Å². The highest BCUT2D eigenvalue weighted by atomic mass is 79.9. The van der Waals surface area contributed by atoms with Gasteiger partial charge in [0.15, 0.2) is 5.71 Å². The predicted octanol–water partition coefficient (Wildman–Crippen LogP) is 2.54. The van der Waals surface area contributed by atoms with Crippen molar-refractivity contribution in [2.24, 2.45) is 5.16 Å². The minimum atomic E-state index is -0.171. The van der Waals surface area contributed by atoms with Gasteiger partial charge in [0.25, 0.3) is 5.91 Å². The summed E-state index contributed by atoms with van der Waals surface area (Å²) in [6.07, 6.45) is 0. The van der Waals surface area contributed by atoms with E-state index in [0.717, 1.165) is 20.2 Å². The Hall–Kier alpha value is -0.880. The fourth-order valence-electron chi connectivity index (χ4n) is 1.64. The Morgan fingerprint density at radius 1 is 1.38 bits per heavy atom. The average Bonchev–Trinajstić information content (AvgIpc) is 2.44. The summed E-state index contributed by atoms with van der Waals surface area (Å²) in [4.78, 5) is 18.1. The van der Waals surface area contributed by atoms with Crippen LogP contribution in [-0.2, 0) is 9.63 Å². The summed E-state index contributed by atoms with van der Waals surface area (Å²) >= 11 is 6.80. The molecule has 4 nitrogen and oxygen atoms in total. The summed E-state index contributed by atoms with van der Waals surface area (Å²) in [5.41, 5.74) is 1.89. The van der Waals surface area contributed by atoms with Gasteiger partial charge < -0.3 is 9.74 Å². The van der Waals surface area contributed by atoms with Crippen LogP contribution in [0.3, 0.4) is 0 Å². The lowest BCUT2D eigenvalue weighted by molar-refractivity contribution is -0.112. The Labute approximate surface area is 110 Å². The molecule has 0 fully saturated rings. The number of hydrogen-bond donors (Lipinski definition) is 0. The highest BCUT2D eigenvalue weighted by molar-refractivity contribution is 9.11. The van der Waals surface area contributed by atoms with Crippen molar-refractivity contribution in [3.63, 3.8) is 0 Å². The molecule has 0 spiro atoms. The summed E-state index contributed by atoms with van der Waals surface area (Å²) in [6, 6.07) is 3.73. The van der Waals surface area contributed by atoms with Gasteiger partial charge in [-0.2, -0.15) is 0 Å². The molecular formula is C10H8Br2N2O2. The molecule has 0 N–H and O–H groups in total. The molecular weight excluding hydrogens is 340 g/mol. The number of fused-ring (bicyclic) bond motifs is 1. The molecule has 0 unspecified atom stereocenters. The molecule has 6 heteroatoms. The third-order valence-electron chi connectivity index (χ3n) is 2.31. The number of anilines is 1. The van der Waals surface area contributed by atoms with Crippen molar-refractivity contribution in [1.82, 2.24) is 0 Å². The second-order valence-electron chi connectivity index (χ2n) is 3.27. The van der Waals surface area contributed by atoms with Crippen LogP contribution in [-0.4, -0.2) is 25.8 Å². The molecule has 1 aliphatic heterocycles. The largest absolute Gasteiger partial charge is 0.398 e. The second kappa shape index (κ2) is 4.18. The average molecular weight is 348 g/mol. The molecule has 2 rings (SSSR count). The molecule has 0 saturated carbocycles. The summed E-state index contributed by atoms with van der Waals surface area (Å²) < 4.78 is 1.72. The van der Waals surface area contributed by atoms with Gasteiger partial charge in [0.2, 0.25) is 0 Å². The number of hydrogen-bond acceptors (Lipinski definition) is 3. The Bertz CT molecular complexity index is 500. The first-order chi connectivity index (χ1) is 7.56. The zero-order valence-electron chi connectivity index (χ0n) is 8.62. The highest BCUT2D eigenvalue weighted by Gasteiger charge is 2.34. The number of amides is 1. The molecule has 84 valence electrons. The van der Waals surface area contributed by atoms with E-state index in [1.54, 1.807) is 11.9 Å². The minimum Gasteiger partial charge on any atom is -0.398 e. The van der Waals surface area contributed by atoms with Gasteiger partial charge in [-0.15, -0.1) is 0 Å². The number of benzene rings is 1. The number of oxime groups is 1. The van der Waals surface area contributed by atoms with Crippen LogP contribution in [0.2, 0.25) is 0 Å². The SMILES string of the molecule is CON=C1C(=O)N(C)c2c(Br)cc(Br)cc21. The van der Waals surface area contributed by atoms with Crippen LogP contribution in [0, 0.1) is 0 Å². The number of likely N-dealkylation sites (N-methyl/N-ethyl adjacent to an activating group) is 1. The van der Waals surface area contributed by atoms with Crippen molar-refractivity contribution in [2.45, 2.75) is 0 Å². The van der Waals surface area contributed by atoms with Crippen LogP contribution < -0.4 is 4.90 Å². The van der Waals surface area contributed by atoms with Crippen molar-refractivity contribution in [3.8, 4) is 0 Å². The molecule has 1 amide bonds. The van der Waals surface area contributed by atoms with Crippen LogP contribution in [0.1, 0.15) is 5.56 Å². The van der Waals surface area contributed by atoms with Crippen molar-refractivity contribution in [1.29, 1.82) is 0 Å². The van der Waals surface area contributed by atoms with Crippen LogP contribution >= 0.6 is 31.9 Å².